The predicted molar refractivity (Wildman–Crippen MR) is 38.8 cm³/mol. The van der Waals surface area contributed by atoms with E-state index in [0.717, 1.165) is 19.6 Å². The van der Waals surface area contributed by atoms with Gasteiger partial charge in [0.2, 0.25) is 0 Å². The zero-order valence-corrected chi connectivity index (χ0v) is 6.38. The lowest BCUT2D eigenvalue weighted by molar-refractivity contribution is 0.0517. The van der Waals surface area contributed by atoms with E-state index in [1.807, 2.05) is 0 Å². The van der Waals surface area contributed by atoms with E-state index in [4.69, 9.17) is 15.2 Å². The molecule has 0 unspecified atom stereocenters. The van der Waals surface area contributed by atoms with Crippen LogP contribution in [0.4, 0.5) is 0 Å². The SMILES string of the molecule is CO[C@@H](CN)[C@@H]1CCOC1. The lowest BCUT2D eigenvalue weighted by Gasteiger charge is -2.17. The van der Waals surface area contributed by atoms with Gasteiger partial charge in [0.15, 0.2) is 0 Å². The molecular formula is C7H15NO2. The van der Waals surface area contributed by atoms with Crippen LogP contribution in [0.25, 0.3) is 0 Å². The van der Waals surface area contributed by atoms with Gasteiger partial charge < -0.3 is 15.2 Å². The lowest BCUT2D eigenvalue weighted by atomic mass is 10.0. The maximum absolute atomic E-state index is 5.48. The predicted octanol–water partition coefficient (Wildman–Crippen LogP) is -0.00340. The molecule has 0 spiro atoms. The van der Waals surface area contributed by atoms with Crippen LogP contribution in [-0.4, -0.2) is 33.0 Å². The fraction of sp³-hybridized carbons (Fsp3) is 1.00. The number of hydrogen-bond acceptors (Lipinski definition) is 3. The molecule has 0 saturated carbocycles. The summed E-state index contributed by atoms with van der Waals surface area (Å²) >= 11 is 0. The van der Waals surface area contributed by atoms with E-state index in [0.29, 0.717) is 12.5 Å². The van der Waals surface area contributed by atoms with Crippen molar-refractivity contribution >= 4 is 0 Å². The van der Waals surface area contributed by atoms with Crippen LogP contribution in [0.15, 0.2) is 0 Å². The minimum Gasteiger partial charge on any atom is -0.381 e. The molecule has 0 aliphatic carbocycles. The first-order valence-electron chi connectivity index (χ1n) is 3.69. The summed E-state index contributed by atoms with van der Waals surface area (Å²) in [6, 6.07) is 0. The van der Waals surface area contributed by atoms with Crippen LogP contribution in [0.5, 0.6) is 0 Å². The van der Waals surface area contributed by atoms with E-state index in [2.05, 4.69) is 0 Å². The Morgan fingerprint density at radius 2 is 2.60 bits per heavy atom. The Morgan fingerprint density at radius 3 is 3.00 bits per heavy atom. The first-order chi connectivity index (χ1) is 4.88. The second-order valence-electron chi connectivity index (χ2n) is 2.63. The molecular weight excluding hydrogens is 130 g/mol. The van der Waals surface area contributed by atoms with Gasteiger partial charge in [0.25, 0.3) is 0 Å². The quantitative estimate of drug-likeness (QED) is 0.607. The maximum atomic E-state index is 5.48. The highest BCUT2D eigenvalue weighted by Gasteiger charge is 2.23. The molecule has 1 aliphatic heterocycles. The monoisotopic (exact) mass is 145 g/mol. The van der Waals surface area contributed by atoms with Crippen molar-refractivity contribution in [1.29, 1.82) is 0 Å². The highest BCUT2D eigenvalue weighted by atomic mass is 16.5. The fourth-order valence-electron chi connectivity index (χ4n) is 1.33. The normalized spacial score (nSPS) is 28.8. The summed E-state index contributed by atoms with van der Waals surface area (Å²) in [6.45, 7) is 2.28. The van der Waals surface area contributed by atoms with Gasteiger partial charge in [-0.25, -0.2) is 0 Å². The zero-order valence-electron chi connectivity index (χ0n) is 6.38. The lowest BCUT2D eigenvalue weighted by Crippen LogP contribution is -2.31. The van der Waals surface area contributed by atoms with Crippen LogP contribution < -0.4 is 5.73 Å². The Kier molecular flexibility index (Phi) is 3.12. The molecule has 1 aliphatic rings. The van der Waals surface area contributed by atoms with Crippen LogP contribution in [0, 0.1) is 5.92 Å². The minimum atomic E-state index is 0.197. The molecule has 1 heterocycles. The number of nitrogens with two attached hydrogens (primary N) is 1. The largest absolute Gasteiger partial charge is 0.381 e. The average Bonchev–Trinajstić information content (AvgIpc) is 2.43. The number of rotatable bonds is 3. The third-order valence-corrected chi connectivity index (χ3v) is 2.03. The summed E-state index contributed by atoms with van der Waals surface area (Å²) in [6.07, 6.45) is 1.29. The average molecular weight is 145 g/mol. The van der Waals surface area contributed by atoms with Gasteiger partial charge in [-0.15, -0.1) is 0 Å². The van der Waals surface area contributed by atoms with E-state index < -0.39 is 0 Å². The summed E-state index contributed by atoms with van der Waals surface area (Å²) in [5.41, 5.74) is 5.48. The highest BCUT2D eigenvalue weighted by Crippen LogP contribution is 2.17. The summed E-state index contributed by atoms with van der Waals surface area (Å²) in [5.74, 6) is 0.523. The molecule has 1 fully saturated rings. The van der Waals surface area contributed by atoms with Gasteiger partial charge in [0.1, 0.15) is 0 Å². The van der Waals surface area contributed by atoms with Crippen LogP contribution in [0.1, 0.15) is 6.42 Å². The van der Waals surface area contributed by atoms with Gasteiger partial charge in [-0.05, 0) is 6.42 Å². The Hall–Kier alpha value is -0.120. The van der Waals surface area contributed by atoms with Crippen molar-refractivity contribution in [2.24, 2.45) is 11.7 Å². The van der Waals surface area contributed by atoms with Crippen LogP contribution >= 0.6 is 0 Å². The van der Waals surface area contributed by atoms with E-state index >= 15 is 0 Å². The van der Waals surface area contributed by atoms with Crippen molar-refractivity contribution in [3.8, 4) is 0 Å². The third kappa shape index (κ3) is 1.68. The van der Waals surface area contributed by atoms with E-state index in [1.165, 1.54) is 0 Å². The first-order valence-corrected chi connectivity index (χ1v) is 3.69. The maximum Gasteiger partial charge on any atom is 0.0744 e. The molecule has 1 rings (SSSR count). The van der Waals surface area contributed by atoms with Crippen LogP contribution in [-0.2, 0) is 9.47 Å². The summed E-state index contributed by atoms with van der Waals surface area (Å²) in [5, 5.41) is 0. The van der Waals surface area contributed by atoms with E-state index in [9.17, 15) is 0 Å². The number of hydrogen-bond donors (Lipinski definition) is 1. The highest BCUT2D eigenvalue weighted by molar-refractivity contribution is 4.74. The van der Waals surface area contributed by atoms with Gasteiger partial charge >= 0.3 is 0 Å². The van der Waals surface area contributed by atoms with Crippen LogP contribution in [0.3, 0.4) is 0 Å². The van der Waals surface area contributed by atoms with Crippen molar-refractivity contribution in [3.05, 3.63) is 0 Å². The minimum absolute atomic E-state index is 0.197. The zero-order chi connectivity index (χ0) is 7.40. The van der Waals surface area contributed by atoms with E-state index in [-0.39, 0.29) is 6.10 Å². The number of ether oxygens (including phenoxy) is 2. The Balaban J connectivity index is 2.29. The van der Waals surface area contributed by atoms with Crippen molar-refractivity contribution in [3.63, 3.8) is 0 Å². The summed E-state index contributed by atoms with van der Waals surface area (Å²) in [4.78, 5) is 0. The molecule has 2 N–H and O–H groups in total. The van der Waals surface area contributed by atoms with Gasteiger partial charge in [-0.2, -0.15) is 0 Å². The molecule has 0 aromatic heterocycles. The Bertz CT molecular complexity index is 87.6. The topological polar surface area (TPSA) is 44.5 Å². The molecule has 3 heteroatoms. The molecule has 10 heavy (non-hydrogen) atoms. The molecule has 0 bridgehead atoms. The van der Waals surface area contributed by atoms with Crippen molar-refractivity contribution in [2.45, 2.75) is 12.5 Å². The fourth-order valence-corrected chi connectivity index (χ4v) is 1.33. The smallest absolute Gasteiger partial charge is 0.0744 e. The van der Waals surface area contributed by atoms with Crippen LogP contribution in [0.2, 0.25) is 0 Å². The first kappa shape index (κ1) is 7.98. The van der Waals surface area contributed by atoms with Crippen molar-refractivity contribution in [1.82, 2.24) is 0 Å². The number of methoxy groups -OCH3 is 1. The second-order valence-corrected chi connectivity index (χ2v) is 2.63. The Labute approximate surface area is 61.5 Å². The molecule has 1 saturated heterocycles. The summed E-state index contributed by atoms with van der Waals surface area (Å²) in [7, 11) is 1.70. The van der Waals surface area contributed by atoms with Crippen molar-refractivity contribution in [2.75, 3.05) is 26.9 Å². The summed E-state index contributed by atoms with van der Waals surface area (Å²) < 4.78 is 10.4. The van der Waals surface area contributed by atoms with E-state index in [1.54, 1.807) is 7.11 Å². The molecule has 2 atom stereocenters. The molecule has 60 valence electrons. The van der Waals surface area contributed by atoms with Gasteiger partial charge in [-0.3, -0.25) is 0 Å². The molecule has 0 radical (unpaired) electrons. The molecule has 0 amide bonds. The molecule has 0 aromatic carbocycles. The van der Waals surface area contributed by atoms with Gasteiger partial charge in [-0.1, -0.05) is 0 Å². The molecule has 3 nitrogen and oxygen atoms in total. The second kappa shape index (κ2) is 3.91. The standard InChI is InChI=1S/C7H15NO2/c1-9-7(4-8)6-2-3-10-5-6/h6-7H,2-5,8H2,1H3/t6-,7+/m1/s1. The van der Waals surface area contributed by atoms with Gasteiger partial charge in [0, 0.05) is 26.2 Å². The van der Waals surface area contributed by atoms with Gasteiger partial charge in [0.05, 0.1) is 12.7 Å². The molecule has 0 aromatic rings. The Morgan fingerprint density at radius 1 is 1.80 bits per heavy atom. The third-order valence-electron chi connectivity index (χ3n) is 2.03. The van der Waals surface area contributed by atoms with Crippen molar-refractivity contribution < 1.29 is 9.47 Å².